The van der Waals surface area contributed by atoms with E-state index in [1.165, 1.54) is 0 Å². The van der Waals surface area contributed by atoms with Gasteiger partial charge in [-0.05, 0) is 0 Å². The summed E-state index contributed by atoms with van der Waals surface area (Å²) in [7, 11) is 0. The third-order valence-electron chi connectivity index (χ3n) is 2.65. The molecule has 0 aromatic carbocycles. The van der Waals surface area contributed by atoms with E-state index in [0.29, 0.717) is 0 Å². The summed E-state index contributed by atoms with van der Waals surface area (Å²) in [6, 6.07) is 0. The van der Waals surface area contributed by atoms with Gasteiger partial charge >= 0.3 is 97.6 Å². The molecule has 1 aliphatic rings. The monoisotopic (exact) mass is 222 g/mol. The molecule has 0 spiro atoms. The van der Waals surface area contributed by atoms with Gasteiger partial charge in [0.25, 0.3) is 0 Å². The quantitative estimate of drug-likeness (QED) is 0.549. The van der Waals surface area contributed by atoms with Crippen LogP contribution < -0.4 is 0 Å². The van der Waals surface area contributed by atoms with Gasteiger partial charge in [0, 0.05) is 0 Å². The van der Waals surface area contributed by atoms with Gasteiger partial charge in [-0.25, -0.2) is 0 Å². The molecule has 0 nitrogen and oxygen atoms in total. The van der Waals surface area contributed by atoms with Crippen LogP contribution in [0, 0.1) is 0 Å². The summed E-state index contributed by atoms with van der Waals surface area (Å²) in [6.07, 6.45) is 0. The molecule has 0 bridgehead atoms. The van der Waals surface area contributed by atoms with E-state index in [-0.39, 0.29) is 0 Å². The van der Waals surface area contributed by atoms with E-state index in [0.717, 1.165) is 45.0 Å². The molecule has 0 unspecified atom stereocenters. The van der Waals surface area contributed by atoms with Gasteiger partial charge in [0.05, 0.1) is 0 Å². The molecule has 0 aromatic heterocycles. The summed E-state index contributed by atoms with van der Waals surface area (Å²) in [5, 5.41) is -0.471. The Morgan fingerprint density at radius 2 is 1.20 bits per heavy atom. The molecular formula is C8H12AsK. The predicted molar refractivity (Wildman–Crippen MR) is 48.3 cm³/mol. The van der Waals surface area contributed by atoms with Crippen molar-refractivity contribution >= 4 is 50.1 Å². The van der Waals surface area contributed by atoms with E-state index >= 15 is 0 Å². The van der Waals surface area contributed by atoms with Gasteiger partial charge in [-0.2, -0.15) is 0 Å². The first-order valence-corrected chi connectivity index (χ1v) is 14.7. The molecule has 1 rings (SSSR count). The Morgan fingerprint density at radius 1 is 0.900 bits per heavy atom. The molecule has 50 valence electrons. The van der Waals surface area contributed by atoms with Gasteiger partial charge in [0.15, 0.2) is 0 Å². The molecule has 1 aliphatic heterocycles. The molecule has 0 atom stereocenters. The number of rotatable bonds is 0. The molecule has 0 aliphatic carbocycles. The third kappa shape index (κ3) is 1.55. The Morgan fingerprint density at radius 3 is 1.30 bits per heavy atom. The van der Waals surface area contributed by atoms with Crippen molar-refractivity contribution in [3.05, 3.63) is 19.9 Å². The fraction of sp³-hybridized carbons (Fsp3) is 0.500. The number of allylic oxidation sites excluding steroid dienone is 4. The third-order valence-corrected chi connectivity index (χ3v) is 19.2. The van der Waals surface area contributed by atoms with E-state index in [2.05, 4.69) is 27.7 Å². The fourth-order valence-corrected chi connectivity index (χ4v) is 10.6. The van der Waals surface area contributed by atoms with Crippen LogP contribution in [0.1, 0.15) is 27.7 Å². The standard InChI is InChI=1S/C8H12As.K/c1-5-6(2)8(4)9-7(5)3;/h1-4H3;/q-1;+1. The van der Waals surface area contributed by atoms with Crippen molar-refractivity contribution in [1.29, 1.82) is 0 Å². The van der Waals surface area contributed by atoms with Crippen LogP contribution in [0.15, 0.2) is 19.9 Å². The second-order valence-electron chi connectivity index (χ2n) is 2.98. The van der Waals surface area contributed by atoms with Crippen molar-refractivity contribution in [2.45, 2.75) is 27.7 Å². The molecular weight excluding hydrogens is 210 g/mol. The SMILES string of the molecule is CC1=C(C)[As]([K])C(C)=C1C. The van der Waals surface area contributed by atoms with E-state index in [4.69, 9.17) is 0 Å². The van der Waals surface area contributed by atoms with Crippen molar-refractivity contribution in [2.24, 2.45) is 0 Å². The summed E-state index contributed by atoms with van der Waals surface area (Å²) in [6.45, 7) is 9.27. The summed E-state index contributed by atoms with van der Waals surface area (Å²) in [5.74, 6) is 0. The van der Waals surface area contributed by atoms with Crippen molar-refractivity contribution in [1.82, 2.24) is 0 Å². The molecule has 2 heteroatoms. The first kappa shape index (κ1) is 9.76. The first-order chi connectivity index (χ1) is 4.55. The van der Waals surface area contributed by atoms with Crippen LogP contribution in [0.3, 0.4) is 0 Å². The zero-order valence-electron chi connectivity index (χ0n) is 7.45. The van der Waals surface area contributed by atoms with E-state index < -0.39 is 5.03 Å². The van der Waals surface area contributed by atoms with Gasteiger partial charge in [0.2, 0.25) is 0 Å². The Kier molecular flexibility index (Phi) is 3.51. The summed E-state index contributed by atoms with van der Waals surface area (Å²) >= 11 is 1.08. The molecule has 1 heterocycles. The molecule has 0 N–H and O–H groups in total. The minimum absolute atomic E-state index is 0.471. The molecule has 10 heavy (non-hydrogen) atoms. The Balaban J connectivity index is 3.09. The Labute approximate surface area is 95.6 Å². The van der Waals surface area contributed by atoms with E-state index in [9.17, 15) is 0 Å². The van der Waals surface area contributed by atoms with Crippen LogP contribution in [0.25, 0.3) is 0 Å². The van der Waals surface area contributed by atoms with Crippen molar-refractivity contribution in [3.8, 4) is 0 Å². The first-order valence-electron chi connectivity index (χ1n) is 3.64. The van der Waals surface area contributed by atoms with E-state index in [1.54, 1.807) is 19.9 Å². The summed E-state index contributed by atoms with van der Waals surface area (Å²) in [5.41, 5.74) is 3.23. The fourth-order valence-electron chi connectivity index (χ4n) is 1.30. The molecule has 0 aromatic rings. The predicted octanol–water partition coefficient (Wildman–Crippen LogP) is 1.91. The van der Waals surface area contributed by atoms with Crippen LogP contribution in [-0.4, -0.2) is 50.1 Å². The Bertz CT molecular complexity index is 201. The van der Waals surface area contributed by atoms with Crippen LogP contribution in [-0.2, 0) is 0 Å². The number of hydrogen-bond acceptors (Lipinski definition) is 0. The maximum atomic E-state index is 2.35. The van der Waals surface area contributed by atoms with Crippen LogP contribution in [0.2, 0.25) is 0 Å². The molecule has 0 amide bonds. The summed E-state index contributed by atoms with van der Waals surface area (Å²) in [4.78, 5) is 0. The topological polar surface area (TPSA) is 0 Å². The zero-order chi connectivity index (χ0) is 7.89. The van der Waals surface area contributed by atoms with E-state index in [1.807, 2.05) is 0 Å². The van der Waals surface area contributed by atoms with Gasteiger partial charge in [-0.1, -0.05) is 0 Å². The molecule has 0 radical (unpaired) electrons. The minimum atomic E-state index is -0.471. The van der Waals surface area contributed by atoms with Crippen LogP contribution in [0.4, 0.5) is 0 Å². The van der Waals surface area contributed by atoms with Crippen LogP contribution >= 0.6 is 0 Å². The van der Waals surface area contributed by atoms with Crippen LogP contribution in [0.5, 0.6) is 0 Å². The van der Waals surface area contributed by atoms with Gasteiger partial charge in [-0.15, -0.1) is 0 Å². The maximum absolute atomic E-state index is 2.35. The molecule has 0 saturated heterocycles. The van der Waals surface area contributed by atoms with Gasteiger partial charge < -0.3 is 0 Å². The van der Waals surface area contributed by atoms with Gasteiger partial charge in [0.1, 0.15) is 0 Å². The normalized spacial score (nSPS) is 21.4. The Hall–Kier alpha value is 1.67. The molecule has 0 fully saturated rings. The average Bonchev–Trinajstić information content (AvgIpc) is 2.07. The summed E-state index contributed by atoms with van der Waals surface area (Å²) < 4.78 is 3.56. The second-order valence-corrected chi connectivity index (χ2v) is 15.4. The zero-order valence-corrected chi connectivity index (χ0v) is 12.4. The second kappa shape index (κ2) is 3.59. The van der Waals surface area contributed by atoms with Crippen molar-refractivity contribution < 1.29 is 0 Å². The number of hydrogen-bond donors (Lipinski definition) is 0. The van der Waals surface area contributed by atoms with Crippen molar-refractivity contribution in [3.63, 3.8) is 0 Å². The van der Waals surface area contributed by atoms with Gasteiger partial charge in [-0.3, -0.25) is 0 Å². The molecule has 0 saturated carbocycles. The average molecular weight is 222 g/mol. The van der Waals surface area contributed by atoms with Crippen molar-refractivity contribution in [2.75, 3.05) is 0 Å².